The molecule has 2 aromatic carbocycles. The van der Waals surface area contributed by atoms with Gasteiger partial charge in [0.1, 0.15) is 5.82 Å². The molecule has 0 bridgehead atoms. The molecule has 0 amide bonds. The van der Waals surface area contributed by atoms with Gasteiger partial charge in [0.05, 0.1) is 9.82 Å². The van der Waals surface area contributed by atoms with Crippen molar-refractivity contribution in [1.82, 2.24) is 9.21 Å². The fourth-order valence-corrected chi connectivity index (χ4v) is 4.80. The van der Waals surface area contributed by atoms with Gasteiger partial charge in [0, 0.05) is 54.9 Å². The fraction of sp³-hybridized carbons (Fsp3) is 0.333. The standard InChI is InChI=1S/C18H19ClFN3O4S/c1-13-5-6-14(11-18(13)23(24)25)28(26,27)22-9-7-21(8-10-22)12-15-16(19)3-2-4-17(15)20/h2-6,11H,7-10,12H2,1H3. The number of nitro benzene ring substituents is 1. The average Bonchev–Trinajstić information content (AvgIpc) is 2.65. The average molecular weight is 428 g/mol. The minimum Gasteiger partial charge on any atom is -0.296 e. The Morgan fingerprint density at radius 1 is 1.18 bits per heavy atom. The van der Waals surface area contributed by atoms with Gasteiger partial charge in [-0.1, -0.05) is 23.7 Å². The van der Waals surface area contributed by atoms with Crippen LogP contribution < -0.4 is 0 Å². The van der Waals surface area contributed by atoms with Crippen LogP contribution in [-0.4, -0.2) is 48.7 Å². The van der Waals surface area contributed by atoms with Gasteiger partial charge < -0.3 is 0 Å². The SMILES string of the molecule is Cc1ccc(S(=O)(=O)N2CCN(Cc3c(F)cccc3Cl)CC2)cc1[N+](=O)[O-]. The van der Waals surface area contributed by atoms with Crippen LogP contribution in [0.1, 0.15) is 11.1 Å². The van der Waals surface area contributed by atoms with E-state index in [1.165, 1.54) is 28.6 Å². The van der Waals surface area contributed by atoms with Gasteiger partial charge >= 0.3 is 0 Å². The van der Waals surface area contributed by atoms with Crippen molar-refractivity contribution in [3.8, 4) is 0 Å². The molecule has 0 N–H and O–H groups in total. The molecule has 0 saturated carbocycles. The van der Waals surface area contributed by atoms with Gasteiger partial charge in [-0.15, -0.1) is 0 Å². The lowest BCUT2D eigenvalue weighted by Crippen LogP contribution is -2.48. The summed E-state index contributed by atoms with van der Waals surface area (Å²) < 4.78 is 40.9. The molecule has 0 aliphatic carbocycles. The summed E-state index contributed by atoms with van der Waals surface area (Å²) in [4.78, 5) is 12.3. The van der Waals surface area contributed by atoms with E-state index in [0.717, 1.165) is 6.07 Å². The van der Waals surface area contributed by atoms with Crippen LogP contribution in [0.25, 0.3) is 0 Å². The highest BCUT2D eigenvalue weighted by atomic mass is 35.5. The lowest BCUT2D eigenvalue weighted by Gasteiger charge is -2.34. The molecule has 1 aliphatic heterocycles. The molecule has 7 nitrogen and oxygen atoms in total. The number of nitro groups is 1. The van der Waals surface area contributed by atoms with Crippen LogP contribution in [0.3, 0.4) is 0 Å². The minimum absolute atomic E-state index is 0.101. The summed E-state index contributed by atoms with van der Waals surface area (Å²) in [6.45, 7) is 3.05. The van der Waals surface area contributed by atoms with Crippen LogP contribution in [0, 0.1) is 22.9 Å². The highest BCUT2D eigenvalue weighted by Crippen LogP contribution is 2.26. The molecule has 2 aromatic rings. The zero-order valence-corrected chi connectivity index (χ0v) is 16.7. The monoisotopic (exact) mass is 427 g/mol. The Bertz CT molecular complexity index is 988. The number of hydrogen-bond donors (Lipinski definition) is 0. The largest absolute Gasteiger partial charge is 0.296 e. The number of hydrogen-bond acceptors (Lipinski definition) is 5. The molecule has 0 aromatic heterocycles. The van der Waals surface area contributed by atoms with Crippen LogP contribution in [0.15, 0.2) is 41.3 Å². The Labute approximate surface area is 167 Å². The number of aryl methyl sites for hydroxylation is 1. The number of halogens is 2. The van der Waals surface area contributed by atoms with Gasteiger partial charge in [0.25, 0.3) is 5.69 Å². The van der Waals surface area contributed by atoms with Crippen LogP contribution in [-0.2, 0) is 16.6 Å². The number of piperazine rings is 1. The number of sulfonamides is 1. The molecule has 28 heavy (non-hydrogen) atoms. The second-order valence-electron chi connectivity index (χ2n) is 6.59. The van der Waals surface area contributed by atoms with Gasteiger partial charge in [0.2, 0.25) is 10.0 Å². The topological polar surface area (TPSA) is 83.8 Å². The Morgan fingerprint density at radius 3 is 2.46 bits per heavy atom. The lowest BCUT2D eigenvalue weighted by atomic mass is 10.2. The normalized spacial score (nSPS) is 16.2. The van der Waals surface area contributed by atoms with Crippen LogP contribution in [0.4, 0.5) is 10.1 Å². The van der Waals surface area contributed by atoms with Gasteiger partial charge in [-0.25, -0.2) is 12.8 Å². The van der Waals surface area contributed by atoms with Crippen molar-refractivity contribution >= 4 is 27.3 Å². The Kier molecular flexibility index (Phi) is 5.99. The fourth-order valence-electron chi connectivity index (χ4n) is 3.13. The van der Waals surface area contributed by atoms with E-state index in [1.807, 2.05) is 4.90 Å². The predicted molar refractivity (Wildman–Crippen MR) is 103 cm³/mol. The highest BCUT2D eigenvalue weighted by molar-refractivity contribution is 7.89. The molecular weight excluding hydrogens is 409 g/mol. The van der Waals surface area contributed by atoms with Crippen LogP contribution >= 0.6 is 11.6 Å². The van der Waals surface area contributed by atoms with E-state index in [-0.39, 0.29) is 30.2 Å². The molecular formula is C18H19ClFN3O4S. The molecule has 1 saturated heterocycles. The van der Waals surface area contributed by atoms with Gasteiger partial charge in [-0.3, -0.25) is 15.0 Å². The summed E-state index contributed by atoms with van der Waals surface area (Å²) in [7, 11) is -3.85. The first-order chi connectivity index (χ1) is 13.2. The van der Waals surface area contributed by atoms with Crippen molar-refractivity contribution < 1.29 is 17.7 Å². The Balaban J connectivity index is 1.72. The molecule has 0 atom stereocenters. The van der Waals surface area contributed by atoms with Gasteiger partial charge in [-0.2, -0.15) is 4.31 Å². The number of nitrogens with zero attached hydrogens (tertiary/aromatic N) is 3. The maximum atomic E-state index is 14.0. The summed E-state index contributed by atoms with van der Waals surface area (Å²) >= 11 is 6.06. The summed E-state index contributed by atoms with van der Waals surface area (Å²) in [5, 5.41) is 11.4. The van der Waals surface area contributed by atoms with E-state index < -0.39 is 20.8 Å². The molecule has 1 fully saturated rings. The lowest BCUT2D eigenvalue weighted by molar-refractivity contribution is -0.385. The summed E-state index contributed by atoms with van der Waals surface area (Å²) in [5.41, 5.74) is 0.555. The molecule has 0 radical (unpaired) electrons. The second-order valence-corrected chi connectivity index (χ2v) is 8.93. The highest BCUT2D eigenvalue weighted by Gasteiger charge is 2.30. The molecule has 3 rings (SSSR count). The molecule has 1 heterocycles. The minimum atomic E-state index is -3.85. The van der Waals surface area contributed by atoms with Crippen molar-refractivity contribution in [2.24, 2.45) is 0 Å². The van der Waals surface area contributed by atoms with Crippen molar-refractivity contribution in [3.05, 3.63) is 68.5 Å². The van der Waals surface area contributed by atoms with E-state index in [1.54, 1.807) is 13.0 Å². The summed E-state index contributed by atoms with van der Waals surface area (Å²) in [6, 6.07) is 8.39. The first kappa shape index (κ1) is 20.7. The van der Waals surface area contributed by atoms with E-state index in [0.29, 0.717) is 29.2 Å². The molecule has 0 unspecified atom stereocenters. The smallest absolute Gasteiger partial charge is 0.273 e. The van der Waals surface area contributed by atoms with Crippen molar-refractivity contribution in [2.75, 3.05) is 26.2 Å². The van der Waals surface area contributed by atoms with E-state index in [4.69, 9.17) is 11.6 Å². The Hall–Kier alpha value is -2.07. The van der Waals surface area contributed by atoms with Gasteiger partial charge in [-0.05, 0) is 25.1 Å². The zero-order chi connectivity index (χ0) is 20.5. The third kappa shape index (κ3) is 4.17. The second kappa shape index (κ2) is 8.12. The molecule has 150 valence electrons. The van der Waals surface area contributed by atoms with Crippen molar-refractivity contribution in [3.63, 3.8) is 0 Å². The number of benzene rings is 2. The zero-order valence-electron chi connectivity index (χ0n) is 15.1. The van der Waals surface area contributed by atoms with Crippen LogP contribution in [0.2, 0.25) is 5.02 Å². The first-order valence-corrected chi connectivity index (χ1v) is 10.4. The maximum absolute atomic E-state index is 14.0. The van der Waals surface area contributed by atoms with E-state index >= 15 is 0 Å². The molecule has 10 heteroatoms. The predicted octanol–water partition coefficient (Wildman–Crippen LogP) is 3.20. The van der Waals surface area contributed by atoms with E-state index in [9.17, 15) is 22.9 Å². The van der Waals surface area contributed by atoms with Crippen LogP contribution in [0.5, 0.6) is 0 Å². The van der Waals surface area contributed by atoms with Crippen molar-refractivity contribution in [1.29, 1.82) is 0 Å². The molecule has 0 spiro atoms. The quantitative estimate of drug-likeness (QED) is 0.540. The first-order valence-electron chi connectivity index (χ1n) is 8.60. The summed E-state index contributed by atoms with van der Waals surface area (Å²) in [5.74, 6) is -0.394. The van der Waals surface area contributed by atoms with E-state index in [2.05, 4.69) is 0 Å². The summed E-state index contributed by atoms with van der Waals surface area (Å²) in [6.07, 6.45) is 0. The molecule has 1 aliphatic rings. The number of rotatable bonds is 5. The maximum Gasteiger partial charge on any atom is 0.273 e. The third-order valence-electron chi connectivity index (χ3n) is 4.79. The Morgan fingerprint density at radius 2 is 1.86 bits per heavy atom. The van der Waals surface area contributed by atoms with Gasteiger partial charge in [0.15, 0.2) is 0 Å². The van der Waals surface area contributed by atoms with Crippen molar-refractivity contribution in [2.45, 2.75) is 18.4 Å². The third-order valence-corrected chi connectivity index (χ3v) is 7.04.